The molecule has 132 valence electrons. The van der Waals surface area contributed by atoms with Gasteiger partial charge in [-0.1, -0.05) is 18.6 Å². The first-order valence-electron chi connectivity index (χ1n) is 9.36. The Kier molecular flexibility index (Phi) is 4.83. The number of aromatic nitrogens is 1. The molecule has 0 atom stereocenters. The van der Waals surface area contributed by atoms with E-state index in [0.29, 0.717) is 17.5 Å². The molecule has 1 aromatic carbocycles. The SMILES string of the molecule is O=C(Nc1cccc(CCN2CCCC2)c1)c1coc(C2CCC2)n1. The van der Waals surface area contributed by atoms with E-state index in [1.807, 2.05) is 12.1 Å². The second-order valence-corrected chi connectivity index (χ2v) is 7.15. The summed E-state index contributed by atoms with van der Waals surface area (Å²) < 4.78 is 5.47. The van der Waals surface area contributed by atoms with Crippen LogP contribution in [0, 0.1) is 0 Å². The van der Waals surface area contributed by atoms with Crippen LogP contribution in [0.5, 0.6) is 0 Å². The Morgan fingerprint density at radius 2 is 2.08 bits per heavy atom. The van der Waals surface area contributed by atoms with Crippen molar-refractivity contribution >= 4 is 11.6 Å². The van der Waals surface area contributed by atoms with E-state index in [2.05, 4.69) is 27.3 Å². The molecule has 0 radical (unpaired) electrons. The van der Waals surface area contributed by atoms with Crippen LogP contribution in [0.4, 0.5) is 5.69 Å². The minimum absolute atomic E-state index is 0.203. The van der Waals surface area contributed by atoms with Crippen molar-refractivity contribution in [1.82, 2.24) is 9.88 Å². The van der Waals surface area contributed by atoms with Gasteiger partial charge in [0.25, 0.3) is 5.91 Å². The van der Waals surface area contributed by atoms with Gasteiger partial charge in [0, 0.05) is 18.2 Å². The van der Waals surface area contributed by atoms with Crippen molar-refractivity contribution in [3.05, 3.63) is 47.7 Å². The van der Waals surface area contributed by atoms with Crippen molar-refractivity contribution in [1.29, 1.82) is 0 Å². The highest BCUT2D eigenvalue weighted by Crippen LogP contribution is 2.35. The van der Waals surface area contributed by atoms with Gasteiger partial charge in [-0.2, -0.15) is 0 Å². The number of hydrogen-bond donors (Lipinski definition) is 1. The predicted octanol–water partition coefficient (Wildman–Crippen LogP) is 3.83. The fraction of sp³-hybridized carbons (Fsp3) is 0.500. The van der Waals surface area contributed by atoms with E-state index in [9.17, 15) is 4.79 Å². The van der Waals surface area contributed by atoms with Crippen molar-refractivity contribution in [2.75, 3.05) is 25.0 Å². The van der Waals surface area contributed by atoms with Crippen LogP contribution in [0.1, 0.15) is 60.0 Å². The quantitative estimate of drug-likeness (QED) is 0.869. The Morgan fingerprint density at radius 1 is 1.24 bits per heavy atom. The third-order valence-corrected chi connectivity index (χ3v) is 5.31. The molecule has 2 heterocycles. The summed E-state index contributed by atoms with van der Waals surface area (Å²) in [6.07, 6.45) is 8.56. The minimum atomic E-state index is -0.203. The van der Waals surface area contributed by atoms with Gasteiger partial charge in [0.15, 0.2) is 11.6 Å². The van der Waals surface area contributed by atoms with Crippen LogP contribution in [-0.2, 0) is 6.42 Å². The molecule has 1 saturated carbocycles. The maximum absolute atomic E-state index is 12.4. The van der Waals surface area contributed by atoms with E-state index in [1.165, 1.54) is 44.2 Å². The van der Waals surface area contributed by atoms with Crippen LogP contribution in [0.25, 0.3) is 0 Å². The molecule has 5 heteroatoms. The summed E-state index contributed by atoms with van der Waals surface area (Å²) in [5, 5.41) is 2.94. The number of hydrogen-bond acceptors (Lipinski definition) is 4. The van der Waals surface area contributed by atoms with Gasteiger partial charge in [-0.3, -0.25) is 4.79 Å². The predicted molar refractivity (Wildman–Crippen MR) is 96.9 cm³/mol. The zero-order valence-corrected chi connectivity index (χ0v) is 14.5. The molecule has 1 amide bonds. The van der Waals surface area contributed by atoms with Crippen molar-refractivity contribution in [3.8, 4) is 0 Å². The van der Waals surface area contributed by atoms with Gasteiger partial charge in [-0.25, -0.2) is 4.98 Å². The lowest BCUT2D eigenvalue weighted by atomic mass is 9.85. The molecule has 4 rings (SSSR count). The summed E-state index contributed by atoms with van der Waals surface area (Å²) in [6, 6.07) is 8.10. The number of carbonyl (C=O) groups is 1. The zero-order valence-electron chi connectivity index (χ0n) is 14.5. The number of nitrogens with zero attached hydrogens (tertiary/aromatic N) is 2. The summed E-state index contributed by atoms with van der Waals surface area (Å²) in [4.78, 5) is 19.2. The highest BCUT2D eigenvalue weighted by molar-refractivity contribution is 6.02. The smallest absolute Gasteiger partial charge is 0.277 e. The highest BCUT2D eigenvalue weighted by Gasteiger charge is 2.25. The van der Waals surface area contributed by atoms with E-state index >= 15 is 0 Å². The largest absolute Gasteiger partial charge is 0.448 e. The summed E-state index contributed by atoms with van der Waals surface area (Å²) >= 11 is 0. The second kappa shape index (κ2) is 7.40. The van der Waals surface area contributed by atoms with Gasteiger partial charge in [0.2, 0.25) is 0 Å². The Hall–Kier alpha value is -2.14. The van der Waals surface area contributed by atoms with E-state index in [0.717, 1.165) is 31.5 Å². The molecule has 1 aliphatic heterocycles. The van der Waals surface area contributed by atoms with Gasteiger partial charge in [0.1, 0.15) is 6.26 Å². The molecule has 0 spiro atoms. The minimum Gasteiger partial charge on any atom is -0.448 e. The molecule has 2 aliphatic rings. The Balaban J connectivity index is 1.35. The maximum atomic E-state index is 12.4. The third-order valence-electron chi connectivity index (χ3n) is 5.31. The van der Waals surface area contributed by atoms with E-state index in [1.54, 1.807) is 0 Å². The fourth-order valence-corrected chi connectivity index (χ4v) is 3.53. The number of nitrogens with one attached hydrogen (secondary N) is 1. The number of anilines is 1. The zero-order chi connectivity index (χ0) is 17.1. The summed E-state index contributed by atoms with van der Waals surface area (Å²) in [6.45, 7) is 3.52. The van der Waals surface area contributed by atoms with Crippen molar-refractivity contribution in [2.24, 2.45) is 0 Å². The Bertz CT molecular complexity index is 730. The van der Waals surface area contributed by atoms with Gasteiger partial charge in [-0.05, 0) is 62.9 Å². The van der Waals surface area contributed by atoms with Crippen molar-refractivity contribution < 1.29 is 9.21 Å². The average molecular weight is 339 g/mol. The van der Waals surface area contributed by atoms with Crippen molar-refractivity contribution in [2.45, 2.75) is 44.4 Å². The van der Waals surface area contributed by atoms with Gasteiger partial charge in [0.05, 0.1) is 0 Å². The third kappa shape index (κ3) is 3.93. The number of likely N-dealkylation sites (tertiary alicyclic amines) is 1. The normalized spacial score (nSPS) is 18.2. The van der Waals surface area contributed by atoms with E-state index < -0.39 is 0 Å². The number of rotatable bonds is 6. The van der Waals surface area contributed by atoms with Gasteiger partial charge < -0.3 is 14.6 Å². The van der Waals surface area contributed by atoms with Crippen LogP contribution < -0.4 is 5.32 Å². The van der Waals surface area contributed by atoms with Gasteiger partial charge >= 0.3 is 0 Å². The highest BCUT2D eigenvalue weighted by atomic mass is 16.3. The van der Waals surface area contributed by atoms with Crippen molar-refractivity contribution in [3.63, 3.8) is 0 Å². The van der Waals surface area contributed by atoms with Crippen LogP contribution in [0.15, 0.2) is 34.9 Å². The second-order valence-electron chi connectivity index (χ2n) is 7.15. The number of benzene rings is 1. The lowest BCUT2D eigenvalue weighted by molar-refractivity contribution is 0.102. The fourth-order valence-electron chi connectivity index (χ4n) is 3.53. The molecule has 0 unspecified atom stereocenters. The number of oxazole rings is 1. The molecule has 5 nitrogen and oxygen atoms in total. The van der Waals surface area contributed by atoms with Crippen LogP contribution >= 0.6 is 0 Å². The first-order chi connectivity index (χ1) is 12.3. The molecule has 1 N–H and O–H groups in total. The van der Waals surface area contributed by atoms with E-state index in [-0.39, 0.29) is 5.91 Å². The molecule has 1 aliphatic carbocycles. The standard InChI is InChI=1S/C20H25N3O2/c24-19(18-14-25-20(22-18)16-6-4-7-16)21-17-8-3-5-15(13-17)9-12-23-10-1-2-11-23/h3,5,8,13-14,16H,1-2,4,6-7,9-12H2,(H,21,24). The monoisotopic (exact) mass is 339 g/mol. The average Bonchev–Trinajstić information content (AvgIpc) is 3.23. The molecule has 1 saturated heterocycles. The maximum Gasteiger partial charge on any atom is 0.277 e. The molecular weight excluding hydrogens is 314 g/mol. The lowest BCUT2D eigenvalue weighted by Crippen LogP contribution is -2.22. The molecule has 2 aromatic rings. The Labute approximate surface area is 148 Å². The first-order valence-corrected chi connectivity index (χ1v) is 9.36. The first kappa shape index (κ1) is 16.3. The van der Waals surface area contributed by atoms with Gasteiger partial charge in [-0.15, -0.1) is 0 Å². The molecule has 25 heavy (non-hydrogen) atoms. The summed E-state index contributed by atoms with van der Waals surface area (Å²) in [5.41, 5.74) is 2.43. The van der Waals surface area contributed by atoms with Crippen LogP contribution in [0.2, 0.25) is 0 Å². The summed E-state index contributed by atoms with van der Waals surface area (Å²) in [5.74, 6) is 0.900. The summed E-state index contributed by atoms with van der Waals surface area (Å²) in [7, 11) is 0. The molecule has 2 fully saturated rings. The van der Waals surface area contributed by atoms with Crippen LogP contribution in [0.3, 0.4) is 0 Å². The number of carbonyl (C=O) groups excluding carboxylic acids is 1. The lowest BCUT2D eigenvalue weighted by Gasteiger charge is -2.21. The molecular formula is C20H25N3O2. The molecule has 0 bridgehead atoms. The Morgan fingerprint density at radius 3 is 2.84 bits per heavy atom. The molecule has 1 aromatic heterocycles. The topological polar surface area (TPSA) is 58.4 Å². The van der Waals surface area contributed by atoms with Crippen LogP contribution in [-0.4, -0.2) is 35.4 Å². The van der Waals surface area contributed by atoms with E-state index in [4.69, 9.17) is 4.42 Å². The number of amides is 1.